The highest BCUT2D eigenvalue weighted by Gasteiger charge is 2.39. The summed E-state index contributed by atoms with van der Waals surface area (Å²) in [5.41, 5.74) is 1.40. The Morgan fingerprint density at radius 3 is 2.67 bits per heavy atom. The van der Waals surface area contributed by atoms with Crippen LogP contribution >= 0.6 is 15.9 Å². The van der Waals surface area contributed by atoms with Crippen LogP contribution in [0.25, 0.3) is 0 Å². The van der Waals surface area contributed by atoms with Gasteiger partial charge >= 0.3 is 0 Å². The van der Waals surface area contributed by atoms with Gasteiger partial charge in [-0.1, -0.05) is 54.9 Å². The van der Waals surface area contributed by atoms with Gasteiger partial charge in [0.2, 0.25) is 11.8 Å². The predicted molar refractivity (Wildman–Crippen MR) is 157 cm³/mol. The molecule has 2 heterocycles. The minimum atomic E-state index is -0.689. The van der Waals surface area contributed by atoms with Crippen LogP contribution < -0.4 is 10.1 Å². The fourth-order valence-corrected chi connectivity index (χ4v) is 5.66. The molecule has 8 nitrogen and oxygen atoms in total. The Balaban J connectivity index is 1.56. The number of hydrogen-bond donors (Lipinski definition) is 1. The monoisotopic (exact) mass is 613 g/mol. The number of benzene rings is 2. The molecule has 1 saturated heterocycles. The number of carbonyl (C=O) groups is 3. The van der Waals surface area contributed by atoms with Gasteiger partial charge in [-0.3, -0.25) is 14.4 Å². The molecule has 1 fully saturated rings. The molecule has 0 aromatic heterocycles. The van der Waals surface area contributed by atoms with Gasteiger partial charge in [-0.05, 0) is 60.6 Å². The van der Waals surface area contributed by atoms with Gasteiger partial charge in [-0.15, -0.1) is 0 Å². The summed E-state index contributed by atoms with van der Waals surface area (Å²) >= 11 is 3.50. The number of nitrogens with zero attached hydrogens (tertiary/aromatic N) is 2. The SMILES string of the molecule is CN1CCC[C@H](NC(=O)CC(C)(C)C)C(=O)N2C[C@@H](OCc3cccc(Br)c3)C[C@H]2COc2cccc(c2)C1=O. The number of fused-ring (bicyclic) bond motifs is 3. The average Bonchev–Trinajstić information content (AvgIpc) is 3.31. The summed E-state index contributed by atoms with van der Waals surface area (Å²) in [4.78, 5) is 43.4. The first-order valence-electron chi connectivity index (χ1n) is 13.9. The molecule has 3 amide bonds. The molecule has 2 aliphatic rings. The van der Waals surface area contributed by atoms with Crippen LogP contribution in [-0.4, -0.2) is 72.5 Å². The first kappa shape index (κ1) is 30.1. The van der Waals surface area contributed by atoms with E-state index in [4.69, 9.17) is 9.47 Å². The molecule has 40 heavy (non-hydrogen) atoms. The number of amides is 3. The Labute approximate surface area is 245 Å². The molecule has 2 aromatic rings. The van der Waals surface area contributed by atoms with Crippen molar-refractivity contribution in [3.8, 4) is 5.75 Å². The van der Waals surface area contributed by atoms with E-state index >= 15 is 0 Å². The average molecular weight is 615 g/mol. The van der Waals surface area contributed by atoms with Crippen molar-refractivity contribution in [3.05, 3.63) is 64.1 Å². The normalized spacial score (nSPS) is 22.4. The van der Waals surface area contributed by atoms with E-state index < -0.39 is 6.04 Å². The summed E-state index contributed by atoms with van der Waals surface area (Å²) in [6.07, 6.45) is 1.77. The molecule has 2 aliphatic heterocycles. The highest BCUT2D eigenvalue weighted by molar-refractivity contribution is 9.10. The number of halogens is 1. The third-order valence-corrected chi connectivity index (χ3v) is 7.71. The van der Waals surface area contributed by atoms with Crippen LogP contribution in [0.4, 0.5) is 0 Å². The summed E-state index contributed by atoms with van der Waals surface area (Å²) < 4.78 is 13.4. The van der Waals surface area contributed by atoms with Crippen LogP contribution in [0.15, 0.2) is 53.0 Å². The van der Waals surface area contributed by atoms with E-state index in [9.17, 15) is 14.4 Å². The topological polar surface area (TPSA) is 88.2 Å². The van der Waals surface area contributed by atoms with Crippen LogP contribution in [0.2, 0.25) is 0 Å². The molecule has 0 aliphatic carbocycles. The van der Waals surface area contributed by atoms with Crippen molar-refractivity contribution >= 4 is 33.7 Å². The minimum Gasteiger partial charge on any atom is -0.491 e. The molecule has 3 atom stereocenters. The number of ether oxygens (including phenoxy) is 2. The van der Waals surface area contributed by atoms with Gasteiger partial charge in [0.1, 0.15) is 18.4 Å². The van der Waals surface area contributed by atoms with Crippen LogP contribution in [-0.2, 0) is 20.9 Å². The smallest absolute Gasteiger partial charge is 0.253 e. The van der Waals surface area contributed by atoms with Crippen LogP contribution in [0, 0.1) is 5.41 Å². The van der Waals surface area contributed by atoms with Gasteiger partial charge in [-0.2, -0.15) is 0 Å². The molecule has 0 radical (unpaired) electrons. The highest BCUT2D eigenvalue weighted by atomic mass is 79.9. The van der Waals surface area contributed by atoms with Crippen molar-refractivity contribution in [2.45, 2.75) is 71.2 Å². The second kappa shape index (κ2) is 13.2. The van der Waals surface area contributed by atoms with Crippen LogP contribution in [0.3, 0.4) is 0 Å². The molecule has 2 bridgehead atoms. The van der Waals surface area contributed by atoms with Crippen molar-refractivity contribution in [2.75, 3.05) is 26.7 Å². The predicted octanol–water partition coefficient (Wildman–Crippen LogP) is 4.80. The molecule has 0 unspecified atom stereocenters. The Hall–Kier alpha value is -2.91. The zero-order chi connectivity index (χ0) is 28.9. The van der Waals surface area contributed by atoms with Crippen molar-refractivity contribution in [1.82, 2.24) is 15.1 Å². The van der Waals surface area contributed by atoms with Gasteiger partial charge in [0.05, 0.1) is 18.8 Å². The maximum Gasteiger partial charge on any atom is 0.253 e. The van der Waals surface area contributed by atoms with E-state index in [-0.39, 0.29) is 41.9 Å². The highest BCUT2D eigenvalue weighted by Crippen LogP contribution is 2.26. The van der Waals surface area contributed by atoms with Gasteiger partial charge in [0, 0.05) is 36.6 Å². The lowest BCUT2D eigenvalue weighted by Crippen LogP contribution is -2.52. The van der Waals surface area contributed by atoms with Gasteiger partial charge in [0.25, 0.3) is 5.91 Å². The third kappa shape index (κ3) is 8.30. The Kier molecular flexibility index (Phi) is 9.90. The minimum absolute atomic E-state index is 0.106. The Morgan fingerprint density at radius 1 is 1.15 bits per heavy atom. The zero-order valence-corrected chi connectivity index (χ0v) is 25.4. The van der Waals surface area contributed by atoms with E-state index in [1.165, 1.54) is 0 Å². The van der Waals surface area contributed by atoms with Crippen molar-refractivity contribution in [3.63, 3.8) is 0 Å². The lowest BCUT2D eigenvalue weighted by molar-refractivity contribution is -0.138. The van der Waals surface area contributed by atoms with Gasteiger partial charge in [0.15, 0.2) is 0 Å². The number of carbonyl (C=O) groups excluding carboxylic acids is 3. The van der Waals surface area contributed by atoms with E-state index in [2.05, 4.69) is 21.2 Å². The second-order valence-corrected chi connectivity index (χ2v) is 12.9. The molecule has 9 heteroatoms. The maximum absolute atomic E-state index is 14.0. The zero-order valence-electron chi connectivity index (χ0n) is 23.8. The molecule has 216 valence electrons. The van der Waals surface area contributed by atoms with Crippen molar-refractivity contribution < 1.29 is 23.9 Å². The fourth-order valence-electron chi connectivity index (χ4n) is 5.21. The van der Waals surface area contributed by atoms with E-state index in [0.29, 0.717) is 56.7 Å². The van der Waals surface area contributed by atoms with Crippen molar-refractivity contribution in [1.29, 1.82) is 0 Å². The van der Waals surface area contributed by atoms with Crippen molar-refractivity contribution in [2.24, 2.45) is 5.41 Å². The lowest BCUT2D eigenvalue weighted by Gasteiger charge is -2.30. The lowest BCUT2D eigenvalue weighted by atomic mass is 9.91. The van der Waals surface area contributed by atoms with E-state index in [1.807, 2.05) is 62.1 Å². The van der Waals surface area contributed by atoms with Gasteiger partial charge < -0.3 is 24.6 Å². The summed E-state index contributed by atoms with van der Waals surface area (Å²) in [6.45, 7) is 7.57. The molecule has 0 spiro atoms. The number of hydrogen-bond acceptors (Lipinski definition) is 5. The molecular weight excluding hydrogens is 574 g/mol. The van der Waals surface area contributed by atoms with Crippen LogP contribution in [0.5, 0.6) is 5.75 Å². The molecular formula is C31H40BrN3O5. The standard InChI is InChI=1S/C31H40BrN3O5/c1-31(2,3)17-28(36)33-27-12-7-13-34(4)29(37)22-9-6-11-25(15-22)40-20-24-16-26(18-35(24)30(27)38)39-19-21-8-5-10-23(32)14-21/h5-6,8-11,14-15,24,26-27H,7,12-13,16-20H2,1-4H3,(H,33,36)/t24-,26-,27-/m0/s1. The van der Waals surface area contributed by atoms with Gasteiger partial charge in [-0.25, -0.2) is 0 Å². The van der Waals surface area contributed by atoms with E-state index in [0.717, 1.165) is 10.0 Å². The first-order valence-corrected chi connectivity index (χ1v) is 14.7. The van der Waals surface area contributed by atoms with E-state index in [1.54, 1.807) is 24.1 Å². The molecule has 2 aromatic carbocycles. The number of rotatable bonds is 5. The Morgan fingerprint density at radius 2 is 1.93 bits per heavy atom. The molecule has 1 N–H and O–H groups in total. The Bertz CT molecular complexity index is 1210. The summed E-state index contributed by atoms with van der Waals surface area (Å²) in [6, 6.07) is 14.2. The second-order valence-electron chi connectivity index (χ2n) is 12.0. The summed E-state index contributed by atoms with van der Waals surface area (Å²) in [5.74, 6) is 0.188. The summed E-state index contributed by atoms with van der Waals surface area (Å²) in [7, 11) is 1.75. The molecule has 0 saturated carbocycles. The number of nitrogens with one attached hydrogen (secondary N) is 1. The summed E-state index contributed by atoms with van der Waals surface area (Å²) in [5, 5.41) is 3.01. The quantitative estimate of drug-likeness (QED) is 0.523. The third-order valence-electron chi connectivity index (χ3n) is 7.21. The maximum atomic E-state index is 14.0. The first-order chi connectivity index (χ1) is 19.0. The van der Waals surface area contributed by atoms with Crippen LogP contribution in [0.1, 0.15) is 62.4 Å². The molecule has 4 rings (SSSR count). The fraction of sp³-hybridized carbons (Fsp3) is 0.516. The largest absolute Gasteiger partial charge is 0.491 e.